The Hall–Kier alpha value is -1.91. The zero-order valence-corrected chi connectivity index (χ0v) is 17.6. The molecule has 0 saturated carbocycles. The molecule has 1 atom stereocenters. The standard InChI is InChI=1S/C20H29N5O3S/c1-14-6-5-8-17-19(14)24-20(29-17)23-18(27)13-25-11-10-21-12-15(25)16(26)7-3-2-4-9-22-28/h5-6,8,15,21-22,28H,2-4,7,9-13H2,1H3,(H,23,24,27). The van der Waals surface area contributed by atoms with Crippen molar-refractivity contribution in [3.8, 4) is 0 Å². The van der Waals surface area contributed by atoms with Crippen LogP contribution >= 0.6 is 11.3 Å². The predicted octanol–water partition coefficient (Wildman–Crippen LogP) is 1.93. The number of fused-ring (bicyclic) bond motifs is 1. The van der Waals surface area contributed by atoms with Crippen molar-refractivity contribution in [2.45, 2.75) is 38.6 Å². The van der Waals surface area contributed by atoms with Gasteiger partial charge in [0, 0.05) is 32.6 Å². The number of thiazole rings is 1. The lowest BCUT2D eigenvalue weighted by molar-refractivity contribution is -0.126. The molecule has 0 spiro atoms. The van der Waals surface area contributed by atoms with E-state index < -0.39 is 0 Å². The van der Waals surface area contributed by atoms with Gasteiger partial charge < -0.3 is 15.8 Å². The summed E-state index contributed by atoms with van der Waals surface area (Å²) in [6.45, 7) is 4.73. The zero-order valence-electron chi connectivity index (χ0n) is 16.7. The Bertz CT molecular complexity index is 841. The molecule has 3 rings (SSSR count). The molecule has 1 fully saturated rings. The van der Waals surface area contributed by atoms with Crippen LogP contribution in [0.2, 0.25) is 0 Å². The number of anilines is 1. The summed E-state index contributed by atoms with van der Waals surface area (Å²) < 4.78 is 1.05. The molecule has 0 bridgehead atoms. The second-order valence-electron chi connectivity index (χ2n) is 7.36. The third-order valence-electron chi connectivity index (χ3n) is 5.15. The monoisotopic (exact) mass is 419 g/mol. The van der Waals surface area contributed by atoms with E-state index in [0.717, 1.165) is 41.6 Å². The van der Waals surface area contributed by atoms with Gasteiger partial charge in [-0.25, -0.2) is 10.5 Å². The molecule has 2 heterocycles. The van der Waals surface area contributed by atoms with Gasteiger partial charge >= 0.3 is 0 Å². The van der Waals surface area contributed by atoms with E-state index in [2.05, 4.69) is 21.1 Å². The number of aryl methyl sites for hydroxylation is 1. The maximum absolute atomic E-state index is 12.6. The summed E-state index contributed by atoms with van der Waals surface area (Å²) >= 11 is 1.46. The molecule has 0 radical (unpaired) electrons. The summed E-state index contributed by atoms with van der Waals surface area (Å²) in [6.07, 6.45) is 3.01. The van der Waals surface area contributed by atoms with Gasteiger partial charge in [-0.15, -0.1) is 0 Å². The highest BCUT2D eigenvalue weighted by molar-refractivity contribution is 7.22. The fraction of sp³-hybridized carbons (Fsp3) is 0.550. The van der Waals surface area contributed by atoms with Crippen LogP contribution in [-0.2, 0) is 9.59 Å². The minimum Gasteiger partial charge on any atom is -0.317 e. The zero-order chi connectivity index (χ0) is 20.6. The molecular formula is C20H29N5O3S. The number of carbonyl (C=O) groups excluding carboxylic acids is 2. The van der Waals surface area contributed by atoms with Crippen LogP contribution in [0.4, 0.5) is 5.13 Å². The van der Waals surface area contributed by atoms with Crippen LogP contribution in [0, 0.1) is 6.92 Å². The molecule has 1 aliphatic heterocycles. The van der Waals surface area contributed by atoms with Crippen molar-refractivity contribution in [3.63, 3.8) is 0 Å². The fourth-order valence-corrected chi connectivity index (χ4v) is 4.54. The third-order valence-corrected chi connectivity index (χ3v) is 6.09. The van der Waals surface area contributed by atoms with Crippen molar-refractivity contribution in [1.82, 2.24) is 20.7 Å². The van der Waals surface area contributed by atoms with Gasteiger partial charge in [0.1, 0.15) is 0 Å². The van der Waals surface area contributed by atoms with Gasteiger partial charge in [0.15, 0.2) is 10.9 Å². The number of Topliss-reactive ketones (excluding diaryl/α,β-unsaturated/α-hetero) is 1. The van der Waals surface area contributed by atoms with Crippen LogP contribution in [0.15, 0.2) is 18.2 Å². The number of ketones is 1. The van der Waals surface area contributed by atoms with Crippen LogP contribution in [-0.4, -0.2) is 65.5 Å². The molecule has 1 aromatic heterocycles. The van der Waals surface area contributed by atoms with Crippen LogP contribution < -0.4 is 16.1 Å². The summed E-state index contributed by atoms with van der Waals surface area (Å²) in [5.41, 5.74) is 4.13. The molecule has 1 aliphatic rings. The molecule has 0 aliphatic carbocycles. The number of unbranched alkanes of at least 4 members (excludes halogenated alkanes) is 2. The molecule has 29 heavy (non-hydrogen) atoms. The molecule has 2 aromatic rings. The van der Waals surface area contributed by atoms with Gasteiger partial charge in [-0.05, 0) is 31.4 Å². The predicted molar refractivity (Wildman–Crippen MR) is 114 cm³/mol. The number of aromatic nitrogens is 1. The number of nitrogens with one attached hydrogen (secondary N) is 3. The van der Waals surface area contributed by atoms with Gasteiger partial charge in [0.2, 0.25) is 5.91 Å². The van der Waals surface area contributed by atoms with Crippen molar-refractivity contribution in [2.75, 3.05) is 38.0 Å². The highest BCUT2D eigenvalue weighted by Gasteiger charge is 2.29. The van der Waals surface area contributed by atoms with E-state index >= 15 is 0 Å². The van der Waals surface area contributed by atoms with Crippen molar-refractivity contribution in [3.05, 3.63) is 23.8 Å². The van der Waals surface area contributed by atoms with Gasteiger partial charge in [-0.2, -0.15) is 0 Å². The van der Waals surface area contributed by atoms with E-state index in [4.69, 9.17) is 5.21 Å². The van der Waals surface area contributed by atoms with E-state index in [1.54, 1.807) is 0 Å². The summed E-state index contributed by atoms with van der Waals surface area (Å²) in [5.74, 6) is 0.0213. The van der Waals surface area contributed by atoms with Gasteiger partial charge in [-0.1, -0.05) is 29.9 Å². The number of amides is 1. The number of para-hydroxylation sites is 1. The molecule has 1 unspecified atom stereocenters. The SMILES string of the molecule is Cc1cccc2sc(NC(=O)CN3CCNCC3C(=O)CCCCCNO)nc12. The van der Waals surface area contributed by atoms with E-state index in [1.807, 2.05) is 30.0 Å². The van der Waals surface area contributed by atoms with Crippen molar-refractivity contribution in [2.24, 2.45) is 0 Å². The molecule has 4 N–H and O–H groups in total. The van der Waals surface area contributed by atoms with Crippen molar-refractivity contribution < 1.29 is 14.8 Å². The maximum atomic E-state index is 12.6. The first kappa shape index (κ1) is 21.8. The Balaban J connectivity index is 1.54. The van der Waals surface area contributed by atoms with E-state index in [-0.39, 0.29) is 24.3 Å². The number of carbonyl (C=O) groups is 2. The van der Waals surface area contributed by atoms with Gasteiger partial charge in [0.05, 0.1) is 22.8 Å². The van der Waals surface area contributed by atoms with Crippen molar-refractivity contribution >= 4 is 38.4 Å². The fourth-order valence-electron chi connectivity index (χ4n) is 3.58. The first-order valence-corrected chi connectivity index (χ1v) is 10.9. The Morgan fingerprint density at radius 1 is 1.34 bits per heavy atom. The van der Waals surface area contributed by atoms with E-state index in [1.165, 1.54) is 11.3 Å². The van der Waals surface area contributed by atoms with Crippen molar-refractivity contribution in [1.29, 1.82) is 0 Å². The lowest BCUT2D eigenvalue weighted by atomic mass is 10.0. The first-order valence-electron chi connectivity index (χ1n) is 10.1. The highest BCUT2D eigenvalue weighted by atomic mass is 32.1. The maximum Gasteiger partial charge on any atom is 0.240 e. The topological polar surface area (TPSA) is 107 Å². The molecule has 1 aromatic carbocycles. The number of nitrogens with zero attached hydrogens (tertiary/aromatic N) is 2. The lowest BCUT2D eigenvalue weighted by Gasteiger charge is -2.34. The summed E-state index contributed by atoms with van der Waals surface area (Å²) in [5, 5.41) is 15.3. The van der Waals surface area contributed by atoms with Gasteiger partial charge in [-0.3, -0.25) is 14.5 Å². The number of hydroxylamine groups is 1. The Kier molecular flexibility index (Phi) is 8.08. The Labute approximate surface area is 174 Å². The van der Waals surface area contributed by atoms with Crippen LogP contribution in [0.5, 0.6) is 0 Å². The first-order chi connectivity index (χ1) is 14.1. The minimum absolute atomic E-state index is 0.143. The lowest BCUT2D eigenvalue weighted by Crippen LogP contribution is -2.56. The van der Waals surface area contributed by atoms with Crippen LogP contribution in [0.1, 0.15) is 31.2 Å². The smallest absolute Gasteiger partial charge is 0.240 e. The number of piperazine rings is 1. The quantitative estimate of drug-likeness (QED) is 0.344. The summed E-state index contributed by atoms with van der Waals surface area (Å²) in [4.78, 5) is 31.7. The van der Waals surface area contributed by atoms with Gasteiger partial charge in [0.25, 0.3) is 0 Å². The van der Waals surface area contributed by atoms with E-state index in [0.29, 0.717) is 31.2 Å². The van der Waals surface area contributed by atoms with Crippen LogP contribution in [0.25, 0.3) is 10.2 Å². The number of benzene rings is 1. The molecule has 158 valence electrons. The number of hydrogen-bond acceptors (Lipinski definition) is 8. The highest BCUT2D eigenvalue weighted by Crippen LogP contribution is 2.27. The molecule has 8 nitrogen and oxygen atoms in total. The normalized spacial score (nSPS) is 17.5. The number of hydrogen-bond donors (Lipinski definition) is 4. The molecule has 9 heteroatoms. The van der Waals surface area contributed by atoms with E-state index in [9.17, 15) is 9.59 Å². The second-order valence-corrected chi connectivity index (χ2v) is 8.39. The average Bonchev–Trinajstić information content (AvgIpc) is 3.12. The minimum atomic E-state index is -0.275. The molecular weight excluding hydrogens is 390 g/mol. The Morgan fingerprint density at radius 3 is 3.00 bits per heavy atom. The largest absolute Gasteiger partial charge is 0.317 e. The van der Waals surface area contributed by atoms with Crippen LogP contribution in [0.3, 0.4) is 0 Å². The Morgan fingerprint density at radius 2 is 2.21 bits per heavy atom. The average molecular weight is 420 g/mol. The second kappa shape index (κ2) is 10.7. The number of rotatable bonds is 10. The molecule has 1 saturated heterocycles. The summed E-state index contributed by atoms with van der Waals surface area (Å²) in [7, 11) is 0. The molecule has 1 amide bonds. The summed E-state index contributed by atoms with van der Waals surface area (Å²) in [6, 6.07) is 5.71. The third kappa shape index (κ3) is 6.03.